The van der Waals surface area contributed by atoms with Crippen molar-refractivity contribution in [3.63, 3.8) is 0 Å². The number of anilines is 2. The summed E-state index contributed by atoms with van der Waals surface area (Å²) in [6.07, 6.45) is 0. The van der Waals surface area contributed by atoms with Crippen LogP contribution in [-0.2, 0) is 14.8 Å². The molecule has 1 N–H and O–H groups in total. The van der Waals surface area contributed by atoms with Crippen molar-refractivity contribution in [2.45, 2.75) is 4.90 Å². The Bertz CT molecular complexity index is 787. The average molecular weight is 348 g/mol. The fourth-order valence-corrected chi connectivity index (χ4v) is 3.68. The zero-order chi connectivity index (χ0) is 17.0. The van der Waals surface area contributed by atoms with Gasteiger partial charge in [0.2, 0.25) is 0 Å². The molecule has 2 aromatic carbocycles. The van der Waals surface area contributed by atoms with Gasteiger partial charge >= 0.3 is 0 Å². The van der Waals surface area contributed by atoms with E-state index < -0.39 is 10.0 Å². The Morgan fingerprint density at radius 3 is 2.46 bits per heavy atom. The molecule has 0 bridgehead atoms. The Hall–Kier alpha value is -2.25. The third-order valence-corrected chi connectivity index (χ3v) is 5.24. The van der Waals surface area contributed by atoms with Gasteiger partial charge in [0.15, 0.2) is 0 Å². The molecule has 7 heteroatoms. The lowest BCUT2D eigenvalue weighted by molar-refractivity contribution is 0.122. The van der Waals surface area contributed by atoms with Crippen molar-refractivity contribution in [1.29, 1.82) is 0 Å². The highest BCUT2D eigenvalue weighted by atomic mass is 32.2. The summed E-state index contributed by atoms with van der Waals surface area (Å²) in [7, 11) is -2.15. The summed E-state index contributed by atoms with van der Waals surface area (Å²) < 4.78 is 38.4. The van der Waals surface area contributed by atoms with Crippen molar-refractivity contribution in [2.75, 3.05) is 43.0 Å². The molecule has 0 unspecified atom stereocenters. The highest BCUT2D eigenvalue weighted by molar-refractivity contribution is 7.92. The number of nitrogens with zero attached hydrogens (tertiary/aromatic N) is 1. The molecule has 1 aliphatic rings. The predicted molar refractivity (Wildman–Crippen MR) is 93.3 cm³/mol. The van der Waals surface area contributed by atoms with Gasteiger partial charge in [0.25, 0.3) is 10.0 Å². The van der Waals surface area contributed by atoms with Crippen molar-refractivity contribution in [3.05, 3.63) is 48.5 Å². The molecule has 0 aliphatic carbocycles. The number of hydrogen-bond donors (Lipinski definition) is 1. The van der Waals surface area contributed by atoms with Gasteiger partial charge in [-0.05, 0) is 30.3 Å². The van der Waals surface area contributed by atoms with Gasteiger partial charge in [0.05, 0.1) is 30.9 Å². The second-order valence-corrected chi connectivity index (χ2v) is 7.08. The van der Waals surface area contributed by atoms with Crippen LogP contribution in [0.1, 0.15) is 0 Å². The van der Waals surface area contributed by atoms with Crippen LogP contribution in [0.25, 0.3) is 0 Å². The maximum Gasteiger partial charge on any atom is 0.262 e. The Kier molecular flexibility index (Phi) is 4.92. The minimum Gasteiger partial charge on any atom is -0.495 e. The minimum atomic E-state index is -3.67. The first kappa shape index (κ1) is 16.6. The molecule has 6 nitrogen and oxygen atoms in total. The number of methoxy groups -OCH3 is 1. The second-order valence-electron chi connectivity index (χ2n) is 5.40. The van der Waals surface area contributed by atoms with Crippen LogP contribution >= 0.6 is 0 Å². The van der Waals surface area contributed by atoms with Gasteiger partial charge in [-0.1, -0.05) is 18.2 Å². The van der Waals surface area contributed by atoms with Gasteiger partial charge in [-0.2, -0.15) is 0 Å². The first-order valence-corrected chi connectivity index (χ1v) is 9.17. The van der Waals surface area contributed by atoms with Crippen LogP contribution in [0.2, 0.25) is 0 Å². The Morgan fingerprint density at radius 2 is 1.79 bits per heavy atom. The Balaban J connectivity index is 1.91. The molecular weight excluding hydrogens is 328 g/mol. The summed E-state index contributed by atoms with van der Waals surface area (Å²) >= 11 is 0. The van der Waals surface area contributed by atoms with E-state index in [1.165, 1.54) is 7.11 Å². The number of hydrogen-bond acceptors (Lipinski definition) is 5. The number of ether oxygens (including phenoxy) is 2. The Morgan fingerprint density at radius 1 is 1.08 bits per heavy atom. The standard InChI is InChI=1S/C17H20N2O4S/c1-22-17-8-7-14(19-9-11-23-12-10-19)13-16(17)18-24(20,21)15-5-3-2-4-6-15/h2-8,13,18H,9-12H2,1H3. The highest BCUT2D eigenvalue weighted by Crippen LogP contribution is 2.31. The maximum atomic E-state index is 12.6. The normalized spacial score (nSPS) is 15.1. The fourth-order valence-electron chi connectivity index (χ4n) is 2.60. The molecular formula is C17H20N2O4S. The van der Waals surface area contributed by atoms with E-state index in [9.17, 15) is 8.42 Å². The quantitative estimate of drug-likeness (QED) is 0.898. The van der Waals surface area contributed by atoms with E-state index >= 15 is 0 Å². The summed E-state index contributed by atoms with van der Waals surface area (Å²) in [6, 6.07) is 13.8. The lowest BCUT2D eigenvalue weighted by Crippen LogP contribution is -2.36. The van der Waals surface area contributed by atoms with Crippen LogP contribution in [0, 0.1) is 0 Å². The van der Waals surface area contributed by atoms with Gasteiger partial charge in [0, 0.05) is 18.8 Å². The molecule has 24 heavy (non-hydrogen) atoms. The molecule has 1 heterocycles. The molecule has 3 rings (SSSR count). The van der Waals surface area contributed by atoms with Gasteiger partial charge in [-0.15, -0.1) is 0 Å². The smallest absolute Gasteiger partial charge is 0.262 e. The van der Waals surface area contributed by atoms with E-state index in [1.54, 1.807) is 42.5 Å². The van der Waals surface area contributed by atoms with Crippen LogP contribution in [0.3, 0.4) is 0 Å². The fraction of sp³-hybridized carbons (Fsp3) is 0.294. The van der Waals surface area contributed by atoms with E-state index in [1.807, 2.05) is 6.07 Å². The van der Waals surface area contributed by atoms with Crippen LogP contribution < -0.4 is 14.4 Å². The zero-order valence-electron chi connectivity index (χ0n) is 13.4. The van der Waals surface area contributed by atoms with E-state index in [0.717, 1.165) is 18.8 Å². The highest BCUT2D eigenvalue weighted by Gasteiger charge is 2.18. The monoisotopic (exact) mass is 348 g/mol. The second kappa shape index (κ2) is 7.11. The zero-order valence-corrected chi connectivity index (χ0v) is 14.3. The maximum absolute atomic E-state index is 12.6. The van der Waals surface area contributed by atoms with Crippen LogP contribution in [0.4, 0.5) is 11.4 Å². The van der Waals surface area contributed by atoms with Crippen LogP contribution in [0.5, 0.6) is 5.75 Å². The van der Waals surface area contributed by atoms with E-state index in [-0.39, 0.29) is 4.90 Å². The van der Waals surface area contributed by atoms with Crippen molar-refractivity contribution < 1.29 is 17.9 Å². The number of rotatable bonds is 5. The molecule has 0 spiro atoms. The summed E-state index contributed by atoms with van der Waals surface area (Å²) in [5.41, 5.74) is 1.36. The number of benzene rings is 2. The van der Waals surface area contributed by atoms with E-state index in [2.05, 4.69) is 9.62 Å². The number of morpholine rings is 1. The van der Waals surface area contributed by atoms with Crippen LogP contribution in [0.15, 0.2) is 53.4 Å². The minimum absolute atomic E-state index is 0.212. The molecule has 1 aliphatic heterocycles. The van der Waals surface area contributed by atoms with Gasteiger partial charge in [0.1, 0.15) is 5.75 Å². The largest absolute Gasteiger partial charge is 0.495 e. The Labute approximate surface area is 142 Å². The summed E-state index contributed by atoms with van der Waals surface area (Å²) in [6.45, 7) is 2.88. The van der Waals surface area contributed by atoms with Gasteiger partial charge < -0.3 is 14.4 Å². The molecule has 1 fully saturated rings. The van der Waals surface area contributed by atoms with Crippen molar-refractivity contribution in [1.82, 2.24) is 0 Å². The van der Waals surface area contributed by atoms with Gasteiger partial charge in [-0.3, -0.25) is 4.72 Å². The SMILES string of the molecule is COc1ccc(N2CCOCC2)cc1NS(=O)(=O)c1ccccc1. The summed E-state index contributed by atoms with van der Waals surface area (Å²) in [5, 5.41) is 0. The van der Waals surface area contributed by atoms with Crippen molar-refractivity contribution >= 4 is 21.4 Å². The van der Waals surface area contributed by atoms with Crippen LogP contribution in [-0.4, -0.2) is 41.8 Å². The third kappa shape index (κ3) is 3.63. The molecule has 0 saturated carbocycles. The third-order valence-electron chi connectivity index (χ3n) is 3.86. The molecule has 2 aromatic rings. The average Bonchev–Trinajstić information content (AvgIpc) is 2.63. The van der Waals surface area contributed by atoms with Gasteiger partial charge in [-0.25, -0.2) is 8.42 Å². The topological polar surface area (TPSA) is 67.9 Å². The first-order chi connectivity index (χ1) is 11.6. The lowest BCUT2D eigenvalue weighted by atomic mass is 10.2. The predicted octanol–water partition coefficient (Wildman–Crippen LogP) is 2.33. The molecule has 0 atom stereocenters. The first-order valence-electron chi connectivity index (χ1n) is 7.69. The molecule has 0 amide bonds. The summed E-state index contributed by atoms with van der Waals surface area (Å²) in [5.74, 6) is 0.478. The number of nitrogens with one attached hydrogen (secondary N) is 1. The number of sulfonamides is 1. The van der Waals surface area contributed by atoms with Crippen molar-refractivity contribution in [2.24, 2.45) is 0 Å². The molecule has 128 valence electrons. The molecule has 0 radical (unpaired) electrons. The molecule has 1 saturated heterocycles. The van der Waals surface area contributed by atoms with Crippen molar-refractivity contribution in [3.8, 4) is 5.75 Å². The molecule has 0 aromatic heterocycles. The van der Waals surface area contributed by atoms with E-state index in [4.69, 9.17) is 9.47 Å². The van der Waals surface area contributed by atoms with E-state index in [0.29, 0.717) is 24.7 Å². The summed E-state index contributed by atoms with van der Waals surface area (Å²) in [4.78, 5) is 2.37. The lowest BCUT2D eigenvalue weighted by Gasteiger charge is -2.29.